The van der Waals surface area contributed by atoms with Crippen molar-refractivity contribution in [2.45, 2.75) is 31.8 Å². The Balaban J connectivity index is 1.59. The van der Waals surface area contributed by atoms with Gasteiger partial charge in [-0.1, -0.05) is 23.9 Å². The summed E-state index contributed by atoms with van der Waals surface area (Å²) in [6, 6.07) is 13.9. The smallest absolute Gasteiger partial charge is 0.195 e. The fourth-order valence-electron chi connectivity index (χ4n) is 2.68. The first-order valence-electron chi connectivity index (χ1n) is 8.45. The first-order valence-corrected chi connectivity index (χ1v) is 9.44. The Labute approximate surface area is 156 Å². The summed E-state index contributed by atoms with van der Waals surface area (Å²) in [5.41, 5.74) is 2.77. The fraction of sp³-hybridized carbons (Fsp3) is 0.250. The molecule has 0 fully saturated rings. The normalized spacial score (nSPS) is 10.9. The summed E-state index contributed by atoms with van der Waals surface area (Å²) < 4.78 is 14.9. The van der Waals surface area contributed by atoms with Crippen molar-refractivity contribution in [2.75, 3.05) is 5.75 Å². The van der Waals surface area contributed by atoms with Gasteiger partial charge in [0, 0.05) is 23.4 Å². The number of benzene rings is 2. The number of carbonyl (C=O) groups is 1. The van der Waals surface area contributed by atoms with Gasteiger partial charge in [-0.3, -0.25) is 9.36 Å². The van der Waals surface area contributed by atoms with Crippen LogP contribution in [0.25, 0.3) is 5.69 Å². The minimum Gasteiger partial charge on any atom is -0.294 e. The number of rotatable bonds is 7. The Kier molecular flexibility index (Phi) is 5.83. The van der Waals surface area contributed by atoms with Crippen molar-refractivity contribution >= 4 is 17.5 Å². The topological polar surface area (TPSA) is 47.8 Å². The van der Waals surface area contributed by atoms with Crippen LogP contribution >= 0.6 is 11.8 Å². The van der Waals surface area contributed by atoms with E-state index >= 15 is 0 Å². The summed E-state index contributed by atoms with van der Waals surface area (Å²) in [6.45, 7) is 3.98. The molecule has 0 atom stereocenters. The van der Waals surface area contributed by atoms with Crippen LogP contribution in [-0.2, 0) is 0 Å². The molecule has 6 heteroatoms. The van der Waals surface area contributed by atoms with E-state index in [4.69, 9.17) is 0 Å². The molecule has 4 nitrogen and oxygen atoms in total. The van der Waals surface area contributed by atoms with Crippen LogP contribution in [0.15, 0.2) is 53.7 Å². The van der Waals surface area contributed by atoms with Gasteiger partial charge in [0.15, 0.2) is 10.9 Å². The van der Waals surface area contributed by atoms with Crippen LogP contribution in [0.2, 0.25) is 0 Å². The molecule has 1 heterocycles. The van der Waals surface area contributed by atoms with Crippen LogP contribution in [0.4, 0.5) is 4.39 Å². The number of halogens is 1. The number of Topliss-reactive ketones (excluding diaryl/α,β-unsaturated/α-hetero) is 1. The fourth-order valence-corrected chi connectivity index (χ4v) is 3.61. The summed E-state index contributed by atoms with van der Waals surface area (Å²) in [6.07, 6.45) is 1.15. The molecule has 0 aliphatic heterocycles. The van der Waals surface area contributed by atoms with Gasteiger partial charge in [-0.2, -0.15) is 0 Å². The SMILES string of the molecule is Cc1cccc(-n2c(C)nnc2SCCCC(=O)c2ccc(F)cc2)c1. The molecule has 0 saturated heterocycles. The highest BCUT2D eigenvalue weighted by Crippen LogP contribution is 2.23. The summed E-state index contributed by atoms with van der Waals surface area (Å²) in [7, 11) is 0. The number of hydrogen-bond donors (Lipinski definition) is 0. The van der Waals surface area contributed by atoms with Crippen molar-refractivity contribution in [1.82, 2.24) is 14.8 Å². The lowest BCUT2D eigenvalue weighted by Gasteiger charge is -2.09. The van der Waals surface area contributed by atoms with Crippen LogP contribution < -0.4 is 0 Å². The number of thioether (sulfide) groups is 1. The summed E-state index contributed by atoms with van der Waals surface area (Å²) >= 11 is 1.59. The van der Waals surface area contributed by atoms with Crippen molar-refractivity contribution in [3.63, 3.8) is 0 Å². The molecule has 3 aromatic rings. The monoisotopic (exact) mass is 369 g/mol. The van der Waals surface area contributed by atoms with Crippen LogP contribution in [-0.4, -0.2) is 26.3 Å². The number of aromatic nitrogens is 3. The molecule has 2 aromatic carbocycles. The minimum absolute atomic E-state index is 0.0296. The second-order valence-corrected chi connectivity index (χ2v) is 7.15. The standard InChI is InChI=1S/C20H20FN3OS/c1-14-5-3-6-18(13-14)24-15(2)22-23-20(24)26-12-4-7-19(25)16-8-10-17(21)11-9-16/h3,5-6,8-11,13H,4,7,12H2,1-2H3. The number of ketones is 1. The van der Waals surface area contributed by atoms with Crippen molar-refractivity contribution in [3.05, 3.63) is 71.3 Å². The van der Waals surface area contributed by atoms with Crippen LogP contribution in [0.1, 0.15) is 34.6 Å². The van der Waals surface area contributed by atoms with Gasteiger partial charge in [0.05, 0.1) is 0 Å². The van der Waals surface area contributed by atoms with E-state index < -0.39 is 0 Å². The Bertz CT molecular complexity index is 906. The molecular weight excluding hydrogens is 349 g/mol. The lowest BCUT2D eigenvalue weighted by molar-refractivity contribution is 0.0982. The van der Waals surface area contributed by atoms with E-state index in [1.165, 1.54) is 29.8 Å². The maximum Gasteiger partial charge on any atom is 0.195 e. The Morgan fingerprint density at radius 1 is 1.12 bits per heavy atom. The van der Waals surface area contributed by atoms with Crippen molar-refractivity contribution in [3.8, 4) is 5.69 Å². The van der Waals surface area contributed by atoms with Gasteiger partial charge in [0.2, 0.25) is 0 Å². The van der Waals surface area contributed by atoms with E-state index in [9.17, 15) is 9.18 Å². The third kappa shape index (κ3) is 4.38. The van der Waals surface area contributed by atoms with Gasteiger partial charge in [0.1, 0.15) is 11.6 Å². The molecule has 0 aliphatic carbocycles. The van der Waals surface area contributed by atoms with Gasteiger partial charge < -0.3 is 0 Å². The second-order valence-electron chi connectivity index (χ2n) is 6.09. The largest absolute Gasteiger partial charge is 0.294 e. The number of hydrogen-bond acceptors (Lipinski definition) is 4. The number of nitrogens with zero attached hydrogens (tertiary/aromatic N) is 3. The molecule has 0 bridgehead atoms. The highest BCUT2D eigenvalue weighted by Gasteiger charge is 2.12. The maximum absolute atomic E-state index is 12.9. The second kappa shape index (κ2) is 8.27. The summed E-state index contributed by atoms with van der Waals surface area (Å²) in [5, 5.41) is 9.26. The molecule has 0 spiro atoms. The van der Waals surface area contributed by atoms with Gasteiger partial charge in [0.25, 0.3) is 0 Å². The van der Waals surface area contributed by atoms with Crippen molar-refractivity contribution in [2.24, 2.45) is 0 Å². The molecular formula is C20H20FN3OS. The highest BCUT2D eigenvalue weighted by molar-refractivity contribution is 7.99. The van der Waals surface area contributed by atoms with E-state index in [2.05, 4.69) is 29.3 Å². The zero-order valence-corrected chi connectivity index (χ0v) is 15.6. The van der Waals surface area contributed by atoms with Crippen LogP contribution in [0.3, 0.4) is 0 Å². The van der Waals surface area contributed by atoms with E-state index in [1.54, 1.807) is 11.8 Å². The molecule has 0 N–H and O–H groups in total. The molecule has 0 amide bonds. The lowest BCUT2D eigenvalue weighted by Crippen LogP contribution is -2.01. The van der Waals surface area contributed by atoms with Crippen molar-refractivity contribution < 1.29 is 9.18 Å². The zero-order valence-electron chi connectivity index (χ0n) is 14.8. The van der Waals surface area contributed by atoms with E-state index in [1.807, 2.05) is 23.6 Å². The zero-order chi connectivity index (χ0) is 18.5. The quantitative estimate of drug-likeness (QED) is 0.342. The average molecular weight is 369 g/mol. The summed E-state index contributed by atoms with van der Waals surface area (Å²) in [5.74, 6) is 1.29. The third-order valence-electron chi connectivity index (χ3n) is 4.00. The van der Waals surface area contributed by atoms with Crippen LogP contribution in [0.5, 0.6) is 0 Å². The first-order chi connectivity index (χ1) is 12.5. The van der Waals surface area contributed by atoms with Gasteiger partial charge in [-0.15, -0.1) is 10.2 Å². The Hall–Kier alpha value is -2.47. The summed E-state index contributed by atoms with van der Waals surface area (Å²) in [4.78, 5) is 12.1. The van der Waals surface area contributed by atoms with Gasteiger partial charge in [-0.05, 0) is 62.2 Å². The maximum atomic E-state index is 12.9. The molecule has 134 valence electrons. The molecule has 0 unspecified atom stereocenters. The van der Waals surface area contributed by atoms with Crippen LogP contribution in [0, 0.1) is 19.7 Å². The highest BCUT2D eigenvalue weighted by atomic mass is 32.2. The Morgan fingerprint density at radius 2 is 1.88 bits per heavy atom. The predicted molar refractivity (Wildman–Crippen MR) is 102 cm³/mol. The first kappa shape index (κ1) is 18.3. The van der Waals surface area contributed by atoms with Gasteiger partial charge in [-0.25, -0.2) is 4.39 Å². The number of carbonyl (C=O) groups excluding carboxylic acids is 1. The lowest BCUT2D eigenvalue weighted by atomic mass is 10.1. The average Bonchev–Trinajstić information content (AvgIpc) is 2.99. The Morgan fingerprint density at radius 3 is 2.62 bits per heavy atom. The molecule has 0 radical (unpaired) electrons. The molecule has 0 aliphatic rings. The van der Waals surface area contributed by atoms with E-state index in [0.29, 0.717) is 12.0 Å². The molecule has 1 aromatic heterocycles. The molecule has 26 heavy (non-hydrogen) atoms. The predicted octanol–water partition coefficient (Wildman–Crippen LogP) is 4.78. The molecule has 0 saturated carbocycles. The number of aryl methyl sites for hydroxylation is 2. The van der Waals surface area contributed by atoms with Crippen molar-refractivity contribution in [1.29, 1.82) is 0 Å². The van der Waals surface area contributed by atoms with Gasteiger partial charge >= 0.3 is 0 Å². The third-order valence-corrected chi connectivity index (χ3v) is 5.02. The van der Waals surface area contributed by atoms with E-state index in [0.717, 1.165) is 28.8 Å². The molecule has 3 rings (SSSR count). The van der Waals surface area contributed by atoms with E-state index in [-0.39, 0.29) is 11.6 Å². The minimum atomic E-state index is -0.331.